The average molecular weight is 303 g/mol. The third kappa shape index (κ3) is 3.76. The minimum Gasteiger partial charge on any atom is -0.324 e. The second-order valence-corrected chi connectivity index (χ2v) is 5.96. The van der Waals surface area contributed by atoms with Gasteiger partial charge in [-0.15, -0.1) is 0 Å². The van der Waals surface area contributed by atoms with Gasteiger partial charge in [-0.3, -0.25) is 0 Å². The van der Waals surface area contributed by atoms with E-state index in [0.29, 0.717) is 11.5 Å². The standard InChI is InChI=1S/C16H21F4N/c1-2-10-4-3-5-11(8-10)15(21)12-6-7-13(14(17)9-12)16(18,19)20/h6-7,9-11,15H,2-5,8,21H2,1H3. The monoisotopic (exact) mass is 303 g/mol. The van der Waals surface area contributed by atoms with Crippen LogP contribution in [0.5, 0.6) is 0 Å². The first kappa shape index (κ1) is 16.3. The molecule has 0 aliphatic heterocycles. The molecule has 1 nitrogen and oxygen atoms in total. The highest BCUT2D eigenvalue weighted by molar-refractivity contribution is 5.28. The molecule has 21 heavy (non-hydrogen) atoms. The van der Waals surface area contributed by atoms with Gasteiger partial charge in [0.2, 0.25) is 0 Å². The highest BCUT2D eigenvalue weighted by atomic mass is 19.4. The fourth-order valence-electron chi connectivity index (χ4n) is 3.27. The van der Waals surface area contributed by atoms with Crippen molar-refractivity contribution in [3.8, 4) is 0 Å². The van der Waals surface area contributed by atoms with Crippen molar-refractivity contribution in [2.75, 3.05) is 0 Å². The Labute approximate surface area is 122 Å². The second-order valence-electron chi connectivity index (χ2n) is 5.96. The lowest BCUT2D eigenvalue weighted by molar-refractivity contribution is -0.140. The summed E-state index contributed by atoms with van der Waals surface area (Å²) in [6.07, 6.45) is 0.622. The van der Waals surface area contributed by atoms with Crippen LogP contribution in [0, 0.1) is 17.7 Å². The molecule has 2 rings (SSSR count). The molecule has 1 aliphatic rings. The molecule has 0 saturated heterocycles. The Bertz CT molecular complexity index is 484. The number of rotatable bonds is 3. The lowest BCUT2D eigenvalue weighted by atomic mass is 9.75. The molecule has 2 N–H and O–H groups in total. The third-order valence-electron chi connectivity index (χ3n) is 4.59. The Morgan fingerprint density at radius 1 is 1.29 bits per heavy atom. The maximum Gasteiger partial charge on any atom is 0.419 e. The molecule has 1 fully saturated rings. The van der Waals surface area contributed by atoms with E-state index in [9.17, 15) is 17.6 Å². The van der Waals surface area contributed by atoms with E-state index in [1.165, 1.54) is 12.5 Å². The highest BCUT2D eigenvalue weighted by Gasteiger charge is 2.34. The summed E-state index contributed by atoms with van der Waals surface area (Å²) in [6, 6.07) is 2.66. The number of hydrogen-bond donors (Lipinski definition) is 1. The fourth-order valence-corrected chi connectivity index (χ4v) is 3.27. The fraction of sp³-hybridized carbons (Fsp3) is 0.625. The highest BCUT2D eigenvalue weighted by Crippen LogP contribution is 2.38. The lowest BCUT2D eigenvalue weighted by Crippen LogP contribution is -2.27. The zero-order valence-corrected chi connectivity index (χ0v) is 12.1. The first-order valence-electron chi connectivity index (χ1n) is 7.45. The molecule has 3 unspecified atom stereocenters. The summed E-state index contributed by atoms with van der Waals surface area (Å²) in [7, 11) is 0. The Morgan fingerprint density at radius 3 is 2.57 bits per heavy atom. The first-order valence-corrected chi connectivity index (χ1v) is 7.45. The molecule has 1 saturated carbocycles. The topological polar surface area (TPSA) is 26.0 Å². The number of halogens is 4. The van der Waals surface area contributed by atoms with Gasteiger partial charge in [0.25, 0.3) is 0 Å². The van der Waals surface area contributed by atoms with Crippen LogP contribution in [0.25, 0.3) is 0 Å². The number of hydrogen-bond acceptors (Lipinski definition) is 1. The number of nitrogens with two attached hydrogens (primary N) is 1. The molecule has 0 radical (unpaired) electrons. The lowest BCUT2D eigenvalue weighted by Gasteiger charge is -2.32. The van der Waals surface area contributed by atoms with Gasteiger partial charge in [0.15, 0.2) is 0 Å². The molecule has 0 aromatic heterocycles. The van der Waals surface area contributed by atoms with E-state index in [1.54, 1.807) is 0 Å². The number of benzene rings is 1. The molecule has 1 aromatic rings. The van der Waals surface area contributed by atoms with Gasteiger partial charge in [-0.25, -0.2) is 4.39 Å². The average Bonchev–Trinajstić information content (AvgIpc) is 2.45. The predicted molar refractivity (Wildman–Crippen MR) is 74.1 cm³/mol. The van der Waals surface area contributed by atoms with E-state index < -0.39 is 23.6 Å². The van der Waals surface area contributed by atoms with Gasteiger partial charge in [0, 0.05) is 6.04 Å². The molecule has 0 spiro atoms. The maximum absolute atomic E-state index is 13.6. The third-order valence-corrected chi connectivity index (χ3v) is 4.59. The predicted octanol–water partition coefficient (Wildman–Crippen LogP) is 5.06. The summed E-state index contributed by atoms with van der Waals surface area (Å²) >= 11 is 0. The quantitative estimate of drug-likeness (QED) is 0.776. The van der Waals surface area contributed by atoms with Gasteiger partial charge in [-0.05, 0) is 42.4 Å². The second kappa shape index (κ2) is 6.34. The minimum atomic E-state index is -4.66. The van der Waals surface area contributed by atoms with Crippen LogP contribution in [0.3, 0.4) is 0 Å². The van der Waals surface area contributed by atoms with Crippen molar-refractivity contribution in [2.45, 2.75) is 51.2 Å². The van der Waals surface area contributed by atoms with E-state index in [1.807, 2.05) is 0 Å². The largest absolute Gasteiger partial charge is 0.419 e. The summed E-state index contributed by atoms with van der Waals surface area (Å²) in [6.45, 7) is 2.14. The molecule has 1 aromatic carbocycles. The summed E-state index contributed by atoms with van der Waals surface area (Å²) in [5.74, 6) is -0.396. The van der Waals surface area contributed by atoms with Crippen molar-refractivity contribution in [3.63, 3.8) is 0 Å². The van der Waals surface area contributed by atoms with Crippen LogP contribution in [0.4, 0.5) is 17.6 Å². The van der Waals surface area contributed by atoms with Crippen molar-refractivity contribution in [3.05, 3.63) is 35.1 Å². The molecular weight excluding hydrogens is 282 g/mol. The Kier molecular flexibility index (Phi) is 4.91. The normalized spacial score (nSPS) is 24.9. The van der Waals surface area contributed by atoms with Crippen LogP contribution in [0.2, 0.25) is 0 Å². The van der Waals surface area contributed by atoms with E-state index in [0.717, 1.165) is 37.8 Å². The zero-order valence-electron chi connectivity index (χ0n) is 12.1. The van der Waals surface area contributed by atoms with Gasteiger partial charge in [0.05, 0.1) is 5.56 Å². The van der Waals surface area contributed by atoms with Crippen LogP contribution in [0.15, 0.2) is 18.2 Å². The van der Waals surface area contributed by atoms with E-state index in [-0.39, 0.29) is 5.92 Å². The molecular formula is C16H21F4N. The molecule has 3 atom stereocenters. The summed E-state index contributed by atoms with van der Waals surface area (Å²) in [5.41, 5.74) is 5.40. The summed E-state index contributed by atoms with van der Waals surface area (Å²) in [4.78, 5) is 0. The van der Waals surface area contributed by atoms with Crippen LogP contribution in [0.1, 0.15) is 56.2 Å². The Balaban J connectivity index is 2.16. The van der Waals surface area contributed by atoms with Crippen molar-refractivity contribution in [1.82, 2.24) is 0 Å². The van der Waals surface area contributed by atoms with Gasteiger partial charge in [-0.2, -0.15) is 13.2 Å². The molecule has 118 valence electrons. The van der Waals surface area contributed by atoms with E-state index in [4.69, 9.17) is 5.73 Å². The van der Waals surface area contributed by atoms with E-state index in [2.05, 4.69) is 6.92 Å². The first-order chi connectivity index (χ1) is 9.82. The van der Waals surface area contributed by atoms with Gasteiger partial charge in [0.1, 0.15) is 5.82 Å². The Morgan fingerprint density at radius 2 is 2.00 bits per heavy atom. The molecule has 0 heterocycles. The summed E-state index contributed by atoms with van der Waals surface area (Å²) in [5, 5.41) is 0. The molecule has 5 heteroatoms. The Hall–Kier alpha value is -1.10. The maximum atomic E-state index is 13.6. The molecule has 1 aliphatic carbocycles. The van der Waals surface area contributed by atoms with Crippen molar-refractivity contribution >= 4 is 0 Å². The minimum absolute atomic E-state index is 0.222. The molecule has 0 bridgehead atoms. The van der Waals surface area contributed by atoms with Crippen LogP contribution < -0.4 is 5.73 Å². The SMILES string of the molecule is CCC1CCCC(C(N)c2ccc(C(F)(F)F)c(F)c2)C1. The van der Waals surface area contributed by atoms with Crippen molar-refractivity contribution < 1.29 is 17.6 Å². The van der Waals surface area contributed by atoms with Gasteiger partial charge < -0.3 is 5.73 Å². The van der Waals surface area contributed by atoms with Crippen LogP contribution in [-0.2, 0) is 6.18 Å². The van der Waals surface area contributed by atoms with Crippen molar-refractivity contribution in [2.24, 2.45) is 17.6 Å². The number of alkyl halides is 3. The smallest absolute Gasteiger partial charge is 0.324 e. The van der Waals surface area contributed by atoms with E-state index >= 15 is 0 Å². The van der Waals surface area contributed by atoms with Gasteiger partial charge in [-0.1, -0.05) is 32.3 Å². The molecule has 0 amide bonds. The van der Waals surface area contributed by atoms with Crippen LogP contribution >= 0.6 is 0 Å². The van der Waals surface area contributed by atoms with Gasteiger partial charge >= 0.3 is 6.18 Å². The van der Waals surface area contributed by atoms with Crippen LogP contribution in [-0.4, -0.2) is 0 Å². The van der Waals surface area contributed by atoms with Crippen molar-refractivity contribution in [1.29, 1.82) is 0 Å². The summed E-state index contributed by atoms with van der Waals surface area (Å²) < 4.78 is 51.3. The zero-order chi connectivity index (χ0) is 15.6.